The molecule has 0 amide bonds. The molecule has 0 spiro atoms. The van der Waals surface area contributed by atoms with E-state index in [1.807, 2.05) is 12.1 Å². The van der Waals surface area contributed by atoms with Crippen molar-refractivity contribution in [3.05, 3.63) is 53.9 Å². The van der Waals surface area contributed by atoms with Crippen molar-refractivity contribution in [1.29, 1.82) is 0 Å². The number of hydrogen-bond acceptors (Lipinski definition) is 5. The van der Waals surface area contributed by atoms with Crippen LogP contribution in [0.5, 0.6) is 5.75 Å². The molecule has 1 aliphatic carbocycles. The van der Waals surface area contributed by atoms with Crippen LogP contribution in [-0.4, -0.2) is 35.6 Å². The van der Waals surface area contributed by atoms with Crippen LogP contribution in [-0.2, 0) is 21.2 Å². The Bertz CT molecular complexity index is 1150. The number of carboxylic acid groups (broad SMARTS) is 1. The predicted octanol–water partition coefficient (Wildman–Crippen LogP) is 3.57. The lowest BCUT2D eigenvalue weighted by Gasteiger charge is -2.10. The first-order chi connectivity index (χ1) is 14.1. The maximum atomic E-state index is 13.5. The van der Waals surface area contributed by atoms with E-state index in [2.05, 4.69) is 4.98 Å². The molecule has 3 aromatic rings. The second kappa shape index (κ2) is 7.87. The summed E-state index contributed by atoms with van der Waals surface area (Å²) in [5, 5.41) is 6.89. The van der Waals surface area contributed by atoms with E-state index >= 15 is 0 Å². The van der Waals surface area contributed by atoms with E-state index in [-0.39, 0.29) is 6.47 Å². The second-order valence-corrected chi connectivity index (χ2v) is 8.96. The molecule has 8 heteroatoms. The molecule has 5 rings (SSSR count). The molecule has 0 unspecified atom stereocenters. The van der Waals surface area contributed by atoms with Crippen LogP contribution in [0.25, 0.3) is 11.0 Å². The zero-order valence-electron chi connectivity index (χ0n) is 15.8. The van der Waals surface area contributed by atoms with Crippen LogP contribution in [0.2, 0.25) is 0 Å². The topological polar surface area (TPSA) is 98.5 Å². The average molecular weight is 414 g/mol. The van der Waals surface area contributed by atoms with Gasteiger partial charge in [-0.15, -0.1) is 0 Å². The van der Waals surface area contributed by atoms with E-state index in [0.29, 0.717) is 35.1 Å². The smallest absolute Gasteiger partial charge is 0.290 e. The molecule has 1 aliphatic heterocycles. The molecule has 152 valence electrons. The number of nitrogens with zero attached hydrogens (tertiary/aromatic N) is 2. The van der Waals surface area contributed by atoms with Crippen molar-refractivity contribution in [2.75, 3.05) is 6.61 Å². The lowest BCUT2D eigenvalue weighted by Crippen LogP contribution is -2.13. The van der Waals surface area contributed by atoms with E-state index in [0.717, 1.165) is 29.5 Å². The lowest BCUT2D eigenvalue weighted by atomic mass is 10.00. The first-order valence-electron chi connectivity index (χ1n) is 9.62. The van der Waals surface area contributed by atoms with Crippen molar-refractivity contribution in [1.82, 2.24) is 8.96 Å². The molecule has 0 bridgehead atoms. The van der Waals surface area contributed by atoms with Crippen molar-refractivity contribution in [3.8, 4) is 5.75 Å². The maximum absolute atomic E-state index is 13.5. The molecule has 1 aromatic carbocycles. The standard InChI is InChI=1S/C20H20N2O3S.CH2O2/c23-26(24,19-9-3-8-18-15(19)10-12-25-18)22-13-16(14-5-1-2-6-14)20-17(22)7-4-11-21-20;2-1-3/h3-4,7-9,11,13-14H,1-2,5-6,10,12H2;1H,(H,2,3). The van der Waals surface area contributed by atoms with E-state index < -0.39 is 10.0 Å². The number of rotatable bonds is 3. The van der Waals surface area contributed by atoms with Gasteiger partial charge in [-0.3, -0.25) is 9.78 Å². The van der Waals surface area contributed by atoms with Crippen LogP contribution in [0.3, 0.4) is 0 Å². The summed E-state index contributed by atoms with van der Waals surface area (Å²) >= 11 is 0. The van der Waals surface area contributed by atoms with Crippen LogP contribution in [0.1, 0.15) is 42.7 Å². The number of carbonyl (C=O) groups is 1. The number of ether oxygens (including phenoxy) is 1. The van der Waals surface area contributed by atoms with Gasteiger partial charge in [0.05, 0.1) is 22.5 Å². The Kier molecular flexibility index (Phi) is 5.27. The first-order valence-corrected chi connectivity index (χ1v) is 11.1. The third kappa shape index (κ3) is 3.37. The fourth-order valence-corrected chi connectivity index (χ4v) is 5.96. The minimum absolute atomic E-state index is 0.250. The van der Waals surface area contributed by atoms with Gasteiger partial charge in [-0.25, -0.2) is 12.4 Å². The van der Waals surface area contributed by atoms with Gasteiger partial charge in [-0.2, -0.15) is 0 Å². The number of aromatic nitrogens is 2. The Morgan fingerprint density at radius 3 is 2.69 bits per heavy atom. The molecule has 0 atom stereocenters. The molecule has 0 saturated heterocycles. The van der Waals surface area contributed by atoms with Crippen molar-refractivity contribution in [2.45, 2.75) is 42.9 Å². The van der Waals surface area contributed by atoms with Gasteiger partial charge >= 0.3 is 0 Å². The number of benzene rings is 1. The minimum atomic E-state index is -3.70. The van der Waals surface area contributed by atoms with Crippen LogP contribution in [0.4, 0.5) is 0 Å². The summed E-state index contributed by atoms with van der Waals surface area (Å²) in [6.07, 6.45) is 8.76. The van der Waals surface area contributed by atoms with Crippen molar-refractivity contribution >= 4 is 27.5 Å². The molecule has 1 N–H and O–H groups in total. The molecular weight excluding hydrogens is 392 g/mol. The zero-order valence-corrected chi connectivity index (χ0v) is 16.6. The molecule has 7 nitrogen and oxygen atoms in total. The van der Waals surface area contributed by atoms with Gasteiger partial charge in [-0.1, -0.05) is 18.9 Å². The third-order valence-electron chi connectivity index (χ3n) is 5.59. The number of pyridine rings is 1. The highest BCUT2D eigenvalue weighted by atomic mass is 32.2. The molecular formula is C21H22N2O5S. The SMILES string of the molecule is O=CO.O=S(=O)(c1cccc2c1CCO2)n1cc(C2CCCC2)c2ncccc21. The largest absolute Gasteiger partial charge is 0.493 e. The Morgan fingerprint density at radius 1 is 1.17 bits per heavy atom. The Labute approximate surface area is 169 Å². The van der Waals surface area contributed by atoms with Crippen molar-refractivity contribution in [3.63, 3.8) is 0 Å². The predicted molar refractivity (Wildman–Crippen MR) is 108 cm³/mol. The molecule has 29 heavy (non-hydrogen) atoms. The highest BCUT2D eigenvalue weighted by Gasteiger charge is 2.30. The van der Waals surface area contributed by atoms with E-state index in [4.69, 9.17) is 14.6 Å². The normalized spacial score (nSPS) is 16.1. The minimum Gasteiger partial charge on any atom is -0.493 e. The maximum Gasteiger partial charge on any atom is 0.290 e. The zero-order chi connectivity index (χ0) is 20.4. The summed E-state index contributed by atoms with van der Waals surface area (Å²) in [5.74, 6) is 1.07. The number of hydrogen-bond donors (Lipinski definition) is 1. The van der Waals surface area contributed by atoms with Crippen LogP contribution in [0, 0.1) is 0 Å². The molecule has 1 fully saturated rings. The summed E-state index contributed by atoms with van der Waals surface area (Å²) in [7, 11) is -3.70. The first kappa shape index (κ1) is 19.4. The summed E-state index contributed by atoms with van der Waals surface area (Å²) in [4.78, 5) is 13.2. The van der Waals surface area contributed by atoms with E-state index in [9.17, 15) is 8.42 Å². The highest BCUT2D eigenvalue weighted by molar-refractivity contribution is 7.90. The van der Waals surface area contributed by atoms with E-state index in [1.54, 1.807) is 30.6 Å². The molecule has 1 saturated carbocycles. The lowest BCUT2D eigenvalue weighted by molar-refractivity contribution is -0.122. The summed E-state index contributed by atoms with van der Waals surface area (Å²) < 4.78 is 34.0. The van der Waals surface area contributed by atoms with Crippen LogP contribution >= 0.6 is 0 Å². The van der Waals surface area contributed by atoms with Crippen LogP contribution < -0.4 is 4.74 Å². The molecule has 0 radical (unpaired) electrons. The monoisotopic (exact) mass is 414 g/mol. The highest BCUT2D eigenvalue weighted by Crippen LogP contribution is 2.39. The molecule has 3 heterocycles. The Morgan fingerprint density at radius 2 is 1.93 bits per heavy atom. The second-order valence-electron chi connectivity index (χ2n) is 7.17. The third-order valence-corrected chi connectivity index (χ3v) is 7.34. The van der Waals surface area contributed by atoms with Gasteiger partial charge < -0.3 is 9.84 Å². The van der Waals surface area contributed by atoms with Gasteiger partial charge in [0.15, 0.2) is 0 Å². The fraction of sp³-hybridized carbons (Fsp3) is 0.333. The molecule has 2 aromatic heterocycles. The van der Waals surface area contributed by atoms with E-state index in [1.165, 1.54) is 16.8 Å². The van der Waals surface area contributed by atoms with Gasteiger partial charge in [0, 0.05) is 29.9 Å². The summed E-state index contributed by atoms with van der Waals surface area (Å²) in [6.45, 7) is 0.281. The summed E-state index contributed by atoms with van der Waals surface area (Å²) in [5.41, 5.74) is 3.31. The Hall–Kier alpha value is -2.87. The fourth-order valence-electron chi connectivity index (χ4n) is 4.33. The van der Waals surface area contributed by atoms with Gasteiger partial charge in [0.2, 0.25) is 0 Å². The van der Waals surface area contributed by atoms with Crippen molar-refractivity contribution < 1.29 is 23.1 Å². The van der Waals surface area contributed by atoms with Gasteiger partial charge in [-0.05, 0) is 43.0 Å². The van der Waals surface area contributed by atoms with Gasteiger partial charge in [0.25, 0.3) is 16.5 Å². The van der Waals surface area contributed by atoms with Crippen molar-refractivity contribution in [2.24, 2.45) is 0 Å². The Balaban J connectivity index is 0.000000645. The summed E-state index contributed by atoms with van der Waals surface area (Å²) in [6, 6.07) is 8.91. The van der Waals surface area contributed by atoms with Gasteiger partial charge in [0.1, 0.15) is 5.75 Å². The number of fused-ring (bicyclic) bond motifs is 2. The average Bonchev–Trinajstić information content (AvgIpc) is 3.46. The quantitative estimate of drug-likeness (QED) is 0.658. The van der Waals surface area contributed by atoms with Crippen LogP contribution in [0.15, 0.2) is 47.6 Å². The molecule has 2 aliphatic rings.